The second kappa shape index (κ2) is 22.8. The first kappa shape index (κ1) is 66.0. The number of likely N-dealkylation sites (tertiary alicyclic amines) is 1. The van der Waals surface area contributed by atoms with Gasteiger partial charge in [-0.15, -0.1) is 0 Å². The van der Waals surface area contributed by atoms with Crippen LogP contribution in [0.2, 0.25) is 0 Å². The SMILES string of the molecule is COc1c(C(C)(C)C)cc(P(C[C@@H]2C[C@H](P(c3cc(C(C)(C)C)c(OC)c(C(C)(C)C)c3)c3cc(C(C)(C)C)c(OC)c(C(C)(C)C)c3)CN2C(=O)OC(C)(C)C)c2cc(C(C)(C)C)c(OC)c(C(C)(C)C)c2)cc1C(C)(C)C. The number of ether oxygens (including phenoxy) is 5. The second-order valence-corrected chi connectivity index (χ2v) is 36.7. The summed E-state index contributed by atoms with van der Waals surface area (Å²) in [5.41, 5.74) is 7.11. The average molecular weight is 1120 g/mol. The van der Waals surface area contributed by atoms with Crippen molar-refractivity contribution >= 4 is 43.2 Å². The van der Waals surface area contributed by atoms with Gasteiger partial charge < -0.3 is 28.6 Å². The largest absolute Gasteiger partial charge is 0.496 e. The summed E-state index contributed by atoms with van der Waals surface area (Å²) in [5.74, 6) is 3.82. The number of benzene rings is 4. The first-order chi connectivity index (χ1) is 35.6. The molecule has 0 N–H and O–H groups in total. The molecular formula is C70H109NO6P2. The first-order valence-corrected chi connectivity index (χ1v) is 32.0. The van der Waals surface area contributed by atoms with Gasteiger partial charge in [-0.25, -0.2) is 4.79 Å². The number of methoxy groups -OCH3 is 4. The lowest BCUT2D eigenvalue weighted by Crippen LogP contribution is -2.42. The fourth-order valence-corrected chi connectivity index (χ4v) is 17.0. The predicted molar refractivity (Wildman–Crippen MR) is 344 cm³/mol. The van der Waals surface area contributed by atoms with Crippen LogP contribution in [0.3, 0.4) is 0 Å². The van der Waals surface area contributed by atoms with Crippen LogP contribution in [0.4, 0.5) is 4.79 Å². The lowest BCUT2D eigenvalue weighted by atomic mass is 9.79. The van der Waals surface area contributed by atoms with Crippen molar-refractivity contribution in [2.24, 2.45) is 0 Å². The maximum Gasteiger partial charge on any atom is 0.410 e. The van der Waals surface area contributed by atoms with E-state index in [1.807, 2.05) is 49.2 Å². The highest BCUT2D eigenvalue weighted by Crippen LogP contribution is 2.54. The number of carbonyl (C=O) groups is 1. The molecule has 4 aromatic carbocycles. The summed E-state index contributed by atoms with van der Waals surface area (Å²) in [6.07, 6.45) is 1.27. The summed E-state index contributed by atoms with van der Waals surface area (Å²) in [5, 5.41) is 5.16. The Morgan fingerprint density at radius 3 is 0.835 bits per heavy atom. The molecule has 9 heteroatoms. The molecule has 2 atom stereocenters. The van der Waals surface area contributed by atoms with Crippen LogP contribution in [0, 0.1) is 0 Å². The van der Waals surface area contributed by atoms with Gasteiger partial charge in [-0.1, -0.05) is 166 Å². The van der Waals surface area contributed by atoms with E-state index in [0.29, 0.717) is 6.54 Å². The first-order valence-electron chi connectivity index (χ1n) is 29.1. The van der Waals surface area contributed by atoms with Crippen LogP contribution in [0.5, 0.6) is 23.0 Å². The number of nitrogens with zero attached hydrogens (tertiary/aromatic N) is 1. The molecule has 0 aromatic heterocycles. The van der Waals surface area contributed by atoms with E-state index < -0.39 is 21.4 Å². The van der Waals surface area contributed by atoms with Crippen molar-refractivity contribution in [2.75, 3.05) is 41.1 Å². The minimum Gasteiger partial charge on any atom is -0.496 e. The van der Waals surface area contributed by atoms with Crippen LogP contribution in [0.15, 0.2) is 48.5 Å². The average Bonchev–Trinajstić information content (AvgIpc) is 3.69. The standard InChI is InChI=1S/C70H109NO6P2/c1-62(2,3)49-33-44(34-50(57(49)73-28)63(4,5)6)78(45-35-51(64(7,8)9)58(74-29)52(36-45)65(10,11)12)42-43-32-48(41-71(43)61(72)77-70(25,26)27)79(46-37-53(66(13,14)15)59(75-30)54(38-46)67(16,17)18)47-39-55(68(19,20)21)60(76-31)56(40-47)69(22,23)24/h33-40,43,48H,32,41-42H2,1-31H3/t43-,48-/m0/s1. The third-order valence-corrected chi connectivity index (χ3v) is 20.8. The number of amides is 1. The lowest BCUT2D eigenvalue weighted by molar-refractivity contribution is 0.0242. The molecule has 1 amide bonds. The smallest absolute Gasteiger partial charge is 0.410 e. The van der Waals surface area contributed by atoms with Gasteiger partial charge >= 0.3 is 6.09 Å². The van der Waals surface area contributed by atoms with Crippen LogP contribution in [-0.2, 0) is 48.1 Å². The van der Waals surface area contributed by atoms with Crippen molar-refractivity contribution in [3.8, 4) is 23.0 Å². The molecule has 1 aliphatic rings. The van der Waals surface area contributed by atoms with Gasteiger partial charge in [0.05, 0.1) is 28.4 Å². The summed E-state index contributed by atoms with van der Waals surface area (Å²) in [6, 6.07) is 19.5. The molecule has 0 aliphatic carbocycles. The zero-order chi connectivity index (χ0) is 60.5. The molecule has 5 rings (SSSR count). The molecule has 1 aliphatic heterocycles. The van der Waals surface area contributed by atoms with Crippen LogP contribution < -0.4 is 40.2 Å². The minimum absolute atomic E-state index is 0.0599. The van der Waals surface area contributed by atoms with E-state index >= 15 is 4.79 Å². The maximum atomic E-state index is 15.4. The molecule has 0 unspecified atom stereocenters. The van der Waals surface area contributed by atoms with Crippen molar-refractivity contribution in [1.82, 2.24) is 4.90 Å². The maximum absolute atomic E-state index is 15.4. The highest BCUT2D eigenvalue weighted by molar-refractivity contribution is 7.74. The molecule has 1 fully saturated rings. The van der Waals surface area contributed by atoms with E-state index in [4.69, 9.17) is 23.7 Å². The topological polar surface area (TPSA) is 66.5 Å². The van der Waals surface area contributed by atoms with Gasteiger partial charge in [0, 0.05) is 62.8 Å². The Labute approximate surface area is 485 Å². The number of carbonyl (C=O) groups excluding carboxylic acids is 1. The molecule has 1 heterocycles. The third-order valence-electron chi connectivity index (χ3n) is 15.5. The molecular weight excluding hydrogens is 1010 g/mol. The number of hydrogen-bond donors (Lipinski definition) is 0. The van der Waals surface area contributed by atoms with Gasteiger partial charge in [-0.2, -0.15) is 0 Å². The van der Waals surface area contributed by atoms with Gasteiger partial charge in [0.15, 0.2) is 0 Å². The molecule has 0 spiro atoms. The summed E-state index contributed by atoms with van der Waals surface area (Å²) in [4.78, 5) is 17.6. The molecule has 1 saturated heterocycles. The summed E-state index contributed by atoms with van der Waals surface area (Å²) in [7, 11) is 4.96. The Bertz CT molecular complexity index is 2520. The zero-order valence-corrected chi connectivity index (χ0v) is 57.5. The van der Waals surface area contributed by atoms with E-state index in [2.05, 4.69) is 220 Å². The highest BCUT2D eigenvalue weighted by Gasteiger charge is 2.45. The molecule has 4 aromatic rings. The van der Waals surface area contributed by atoms with Crippen LogP contribution >= 0.6 is 15.8 Å². The van der Waals surface area contributed by atoms with E-state index in [0.717, 1.165) is 35.6 Å². The van der Waals surface area contributed by atoms with Gasteiger partial charge in [-0.05, 0) is 162 Å². The summed E-state index contributed by atoms with van der Waals surface area (Å²) in [6.45, 7) is 61.7. The molecule has 0 bridgehead atoms. The van der Waals surface area contributed by atoms with Gasteiger partial charge in [0.2, 0.25) is 0 Å². The van der Waals surface area contributed by atoms with Gasteiger partial charge in [-0.3, -0.25) is 0 Å². The number of rotatable bonds is 11. The van der Waals surface area contributed by atoms with Crippen molar-refractivity contribution in [1.29, 1.82) is 0 Å². The Balaban J connectivity index is 2.01. The fourth-order valence-electron chi connectivity index (χ4n) is 11.3. The normalized spacial score (nSPS) is 16.5. The molecule has 7 nitrogen and oxygen atoms in total. The monoisotopic (exact) mass is 1120 g/mol. The summed E-state index contributed by atoms with van der Waals surface area (Å²) >= 11 is 0. The number of hydrogen-bond acceptors (Lipinski definition) is 6. The van der Waals surface area contributed by atoms with E-state index in [-0.39, 0.29) is 61.1 Å². The molecule has 0 radical (unpaired) electrons. The van der Waals surface area contributed by atoms with E-state index in [9.17, 15) is 0 Å². The van der Waals surface area contributed by atoms with E-state index in [1.54, 1.807) is 0 Å². The van der Waals surface area contributed by atoms with Crippen molar-refractivity contribution < 1.29 is 28.5 Å². The minimum atomic E-state index is -1.17. The Hall–Kier alpha value is -3.79. The van der Waals surface area contributed by atoms with Gasteiger partial charge in [0.25, 0.3) is 0 Å². The summed E-state index contributed by atoms with van der Waals surface area (Å²) < 4.78 is 32.3. The van der Waals surface area contributed by atoms with Crippen molar-refractivity contribution in [3.05, 3.63) is 93.0 Å². The highest BCUT2D eigenvalue weighted by atomic mass is 31.1. The predicted octanol–water partition coefficient (Wildman–Crippen LogP) is 17.0. The van der Waals surface area contributed by atoms with E-state index in [1.165, 1.54) is 65.7 Å². The zero-order valence-electron chi connectivity index (χ0n) is 55.7. The third kappa shape index (κ3) is 14.9. The van der Waals surface area contributed by atoms with Gasteiger partial charge in [0.1, 0.15) is 28.6 Å². The lowest BCUT2D eigenvalue weighted by Gasteiger charge is -2.35. The van der Waals surface area contributed by atoms with Crippen LogP contribution in [0.25, 0.3) is 0 Å². The quantitative estimate of drug-likeness (QED) is 0.139. The fraction of sp³-hybridized carbons (Fsp3) is 0.643. The van der Waals surface area contributed by atoms with Crippen LogP contribution in [0.1, 0.15) is 238 Å². The molecule has 79 heavy (non-hydrogen) atoms. The molecule has 0 saturated carbocycles. The Morgan fingerprint density at radius 2 is 0.633 bits per heavy atom. The Kier molecular flexibility index (Phi) is 19.0. The van der Waals surface area contributed by atoms with Crippen LogP contribution in [-0.4, -0.2) is 69.4 Å². The van der Waals surface area contributed by atoms with Crippen molar-refractivity contribution in [3.63, 3.8) is 0 Å². The molecule has 440 valence electrons. The van der Waals surface area contributed by atoms with Crippen molar-refractivity contribution in [2.45, 2.75) is 254 Å². The second-order valence-electron chi connectivity index (χ2n) is 32.0. The Morgan fingerprint density at radius 1 is 0.405 bits per heavy atom.